The van der Waals surface area contributed by atoms with Crippen LogP contribution in [0.1, 0.15) is 96.8 Å². The minimum atomic E-state index is -2.52. The van der Waals surface area contributed by atoms with Crippen LogP contribution in [0, 0.1) is 17.8 Å². The third kappa shape index (κ3) is 11.4. The van der Waals surface area contributed by atoms with Gasteiger partial charge in [-0.2, -0.15) is 5.10 Å². The van der Waals surface area contributed by atoms with E-state index < -0.39 is 5.92 Å². The van der Waals surface area contributed by atoms with Crippen LogP contribution in [0.15, 0.2) is 41.3 Å². The molecule has 3 unspecified atom stereocenters. The van der Waals surface area contributed by atoms with Crippen molar-refractivity contribution in [3.8, 4) is 0 Å². The average molecular weight is 595 g/mol. The second-order valence-corrected chi connectivity index (χ2v) is 13.3. The van der Waals surface area contributed by atoms with E-state index in [1.165, 1.54) is 16.8 Å². The minimum Gasteiger partial charge on any atom is -0.498 e. The summed E-state index contributed by atoms with van der Waals surface area (Å²) in [7, 11) is 0. The molecule has 2 aliphatic rings. The highest BCUT2D eigenvalue weighted by molar-refractivity contribution is 6.20. The number of halogens is 3. The van der Waals surface area contributed by atoms with Gasteiger partial charge in [-0.3, -0.25) is 4.68 Å². The molecule has 0 bridgehead atoms. The van der Waals surface area contributed by atoms with Crippen LogP contribution in [0.3, 0.4) is 0 Å². The van der Waals surface area contributed by atoms with Crippen molar-refractivity contribution >= 4 is 11.6 Å². The Hall–Kier alpha value is -1.86. The van der Waals surface area contributed by atoms with Gasteiger partial charge in [0.2, 0.25) is 5.92 Å². The summed E-state index contributed by atoms with van der Waals surface area (Å²) in [5.41, 5.74) is 4.82. The minimum absolute atomic E-state index is 0.00553. The van der Waals surface area contributed by atoms with Gasteiger partial charge in [-0.1, -0.05) is 45.4 Å². The van der Waals surface area contributed by atoms with Crippen molar-refractivity contribution in [1.29, 1.82) is 0 Å². The van der Waals surface area contributed by atoms with E-state index in [4.69, 9.17) is 21.4 Å². The summed E-state index contributed by atoms with van der Waals surface area (Å²) in [5.74, 6) is -0.168. The van der Waals surface area contributed by atoms with Crippen molar-refractivity contribution in [2.45, 2.75) is 104 Å². The molecule has 0 saturated carbocycles. The highest BCUT2D eigenvalue weighted by Gasteiger charge is 2.31. The first-order valence-corrected chi connectivity index (χ1v) is 16.1. The predicted molar refractivity (Wildman–Crippen MR) is 166 cm³/mol. The lowest BCUT2D eigenvalue weighted by Crippen LogP contribution is -2.30. The summed E-state index contributed by atoms with van der Waals surface area (Å²) in [4.78, 5) is 2.04. The molecule has 1 N–H and O–H groups in total. The van der Waals surface area contributed by atoms with Crippen molar-refractivity contribution in [3.63, 3.8) is 0 Å². The zero-order valence-corrected chi connectivity index (χ0v) is 27.0. The van der Waals surface area contributed by atoms with Crippen LogP contribution in [-0.2, 0) is 17.7 Å². The molecule has 3 heterocycles. The smallest absolute Gasteiger partial charge is 0.249 e. The van der Waals surface area contributed by atoms with E-state index >= 15 is 0 Å². The Morgan fingerprint density at radius 2 is 2.05 bits per heavy atom. The molecule has 0 aliphatic carbocycles. The molecule has 0 radical (unpaired) electrons. The first-order valence-electron chi connectivity index (χ1n) is 15.6. The van der Waals surface area contributed by atoms with E-state index in [9.17, 15) is 8.78 Å². The molecule has 1 aromatic rings. The Morgan fingerprint density at radius 1 is 1.27 bits per heavy atom. The number of hydrogen-bond donors (Lipinski definition) is 1. The standard InChI is InChI=1S/C33H53ClF2N4O/c1-7-25(4)17-29-18-28(23-41-27(29)6)20-37-21-31(34)32-19-30(16-24(2)3)40(38-32)22-26(5)10-8-13-39-14-9-11-33(35,36)12-15-39/h8,13,17,19,24,26,28,31,37H,7,9-12,14-16,18,20-23H2,1-6H3/b13-8+,25-17-. The molecule has 1 fully saturated rings. The molecule has 1 saturated heterocycles. The van der Waals surface area contributed by atoms with Crippen molar-refractivity contribution < 1.29 is 13.5 Å². The number of likely N-dealkylation sites (tertiary alicyclic amines) is 1. The fourth-order valence-electron chi connectivity index (χ4n) is 5.48. The van der Waals surface area contributed by atoms with Gasteiger partial charge < -0.3 is 15.0 Å². The quantitative estimate of drug-likeness (QED) is 0.220. The molecule has 0 spiro atoms. The average Bonchev–Trinajstić information content (AvgIpc) is 3.20. The van der Waals surface area contributed by atoms with Crippen molar-refractivity contribution in [2.24, 2.45) is 17.8 Å². The number of nitrogens with one attached hydrogen (secondary N) is 1. The van der Waals surface area contributed by atoms with E-state index in [0.29, 0.717) is 43.8 Å². The normalized spacial score (nSPS) is 21.9. The number of hydrogen-bond acceptors (Lipinski definition) is 4. The summed E-state index contributed by atoms with van der Waals surface area (Å²) in [6.45, 7) is 17.3. The second kappa shape index (κ2) is 16.1. The van der Waals surface area contributed by atoms with Crippen LogP contribution in [0.5, 0.6) is 0 Å². The Labute approximate surface area is 252 Å². The number of ether oxygens (including phenoxy) is 1. The van der Waals surface area contributed by atoms with Gasteiger partial charge in [-0.05, 0) is 75.6 Å². The van der Waals surface area contributed by atoms with Gasteiger partial charge in [0.15, 0.2) is 0 Å². The topological polar surface area (TPSA) is 42.3 Å². The molecule has 3 atom stereocenters. The Kier molecular flexibility index (Phi) is 13.2. The van der Waals surface area contributed by atoms with E-state index in [0.717, 1.165) is 56.8 Å². The number of alkyl halides is 3. The molecule has 41 heavy (non-hydrogen) atoms. The highest BCUT2D eigenvalue weighted by atomic mass is 35.5. The summed E-state index contributed by atoms with van der Waals surface area (Å²) in [5, 5.41) is 8.31. The van der Waals surface area contributed by atoms with Gasteiger partial charge in [-0.15, -0.1) is 11.6 Å². The largest absolute Gasteiger partial charge is 0.498 e. The molecule has 2 aliphatic heterocycles. The maximum Gasteiger partial charge on any atom is 0.249 e. The van der Waals surface area contributed by atoms with Gasteiger partial charge >= 0.3 is 0 Å². The van der Waals surface area contributed by atoms with Crippen LogP contribution in [0.2, 0.25) is 0 Å². The zero-order chi connectivity index (χ0) is 30.0. The third-order valence-corrected chi connectivity index (χ3v) is 8.52. The molecule has 5 nitrogen and oxygen atoms in total. The van der Waals surface area contributed by atoms with E-state index in [2.05, 4.69) is 69.8 Å². The number of nitrogens with zero attached hydrogens (tertiary/aromatic N) is 3. The number of aromatic nitrogens is 2. The summed E-state index contributed by atoms with van der Waals surface area (Å²) < 4.78 is 35.4. The molecule has 0 aromatic carbocycles. The van der Waals surface area contributed by atoms with Crippen LogP contribution in [0.4, 0.5) is 8.78 Å². The van der Waals surface area contributed by atoms with Crippen LogP contribution in [0.25, 0.3) is 0 Å². The number of allylic oxidation sites excluding steroid dienone is 5. The first-order chi connectivity index (χ1) is 19.5. The molecule has 3 rings (SSSR count). The second-order valence-electron chi connectivity index (χ2n) is 12.7. The van der Waals surface area contributed by atoms with E-state index in [1.807, 2.05) is 11.1 Å². The van der Waals surface area contributed by atoms with Crippen molar-refractivity contribution in [3.05, 3.63) is 52.7 Å². The lowest BCUT2D eigenvalue weighted by atomic mass is 9.95. The predicted octanol–water partition coefficient (Wildman–Crippen LogP) is 8.28. The third-order valence-electron chi connectivity index (χ3n) is 8.14. The number of rotatable bonds is 14. The lowest BCUT2D eigenvalue weighted by molar-refractivity contribution is -0.0122. The lowest BCUT2D eigenvalue weighted by Gasteiger charge is -2.26. The Bertz CT molecular complexity index is 1050. The van der Waals surface area contributed by atoms with Gasteiger partial charge in [0.25, 0.3) is 0 Å². The maximum atomic E-state index is 13.7. The molecule has 8 heteroatoms. The zero-order valence-electron chi connectivity index (χ0n) is 26.2. The maximum absolute atomic E-state index is 13.7. The fourth-order valence-corrected chi connectivity index (χ4v) is 5.69. The van der Waals surface area contributed by atoms with Gasteiger partial charge in [-0.25, -0.2) is 8.78 Å². The molecular weight excluding hydrogens is 542 g/mol. The highest BCUT2D eigenvalue weighted by Crippen LogP contribution is 2.29. The van der Waals surface area contributed by atoms with Crippen molar-refractivity contribution in [2.75, 3.05) is 32.8 Å². The van der Waals surface area contributed by atoms with Crippen LogP contribution < -0.4 is 5.32 Å². The summed E-state index contributed by atoms with van der Waals surface area (Å²) in [6.07, 6.45) is 10.8. The van der Waals surface area contributed by atoms with Crippen LogP contribution in [-0.4, -0.2) is 53.4 Å². The Balaban J connectivity index is 1.52. The van der Waals surface area contributed by atoms with Gasteiger partial charge in [0.05, 0.1) is 23.4 Å². The van der Waals surface area contributed by atoms with Crippen molar-refractivity contribution in [1.82, 2.24) is 20.0 Å². The van der Waals surface area contributed by atoms with Gasteiger partial charge in [0.1, 0.15) is 0 Å². The summed E-state index contributed by atoms with van der Waals surface area (Å²) in [6, 6.07) is 2.17. The molecule has 1 aromatic heterocycles. The van der Waals surface area contributed by atoms with Gasteiger partial charge in [0, 0.05) is 57.2 Å². The fraction of sp³-hybridized carbons (Fsp3) is 0.727. The monoisotopic (exact) mass is 594 g/mol. The molecular formula is C33H53ClF2N4O. The first kappa shape index (κ1) is 33.6. The summed E-state index contributed by atoms with van der Waals surface area (Å²) >= 11 is 6.87. The van der Waals surface area contributed by atoms with E-state index in [1.54, 1.807) is 0 Å². The molecule has 232 valence electrons. The molecule has 0 amide bonds. The van der Waals surface area contributed by atoms with E-state index in [-0.39, 0.29) is 18.2 Å². The Morgan fingerprint density at radius 3 is 2.78 bits per heavy atom. The van der Waals surface area contributed by atoms with Crippen LogP contribution >= 0.6 is 11.6 Å². The SMILES string of the molecule is CC/C(C)=C\C1=C(C)OCC(CNCC(Cl)c2cc(CC(C)C)n(CC(C)C/C=C/N3CCCC(F)(F)CC3)n2)C1.